The summed E-state index contributed by atoms with van der Waals surface area (Å²) in [5.74, 6) is 0.763. The van der Waals surface area contributed by atoms with Crippen molar-refractivity contribution in [3.63, 3.8) is 0 Å². The Balaban J connectivity index is 2.06. The molecule has 2 aromatic rings. The van der Waals surface area contributed by atoms with Crippen LogP contribution in [0.5, 0.6) is 0 Å². The van der Waals surface area contributed by atoms with Crippen molar-refractivity contribution in [2.45, 2.75) is 19.3 Å². The molecule has 5 heteroatoms. The summed E-state index contributed by atoms with van der Waals surface area (Å²) in [5.41, 5.74) is 1.21. The first-order chi connectivity index (χ1) is 8.74. The highest BCUT2D eigenvalue weighted by atomic mass is 35.5. The minimum absolute atomic E-state index is 0.517. The van der Waals surface area contributed by atoms with Gasteiger partial charge in [0.15, 0.2) is 5.82 Å². The van der Waals surface area contributed by atoms with Crippen LogP contribution in [-0.4, -0.2) is 18.1 Å². The topological polar surface area (TPSA) is 43.1 Å². The second-order valence-electron chi connectivity index (χ2n) is 4.61. The minimum atomic E-state index is 0.517. The molecule has 1 aromatic heterocycles. The van der Waals surface area contributed by atoms with Crippen molar-refractivity contribution >= 4 is 28.5 Å². The number of fused-ring (bicyclic) bond motifs is 1. The lowest BCUT2D eigenvalue weighted by Crippen LogP contribution is -2.34. The number of benzene rings is 1. The molecule has 94 valence electrons. The molecule has 0 spiro atoms. The van der Waals surface area contributed by atoms with Crippen molar-refractivity contribution in [2.75, 3.05) is 18.0 Å². The van der Waals surface area contributed by atoms with Gasteiger partial charge in [-0.15, -0.1) is 0 Å². The van der Waals surface area contributed by atoms with E-state index >= 15 is 0 Å². The van der Waals surface area contributed by atoms with Gasteiger partial charge in [-0.05, 0) is 31.4 Å². The number of halogens is 1. The molecule has 3 rings (SSSR count). The Morgan fingerprint density at radius 3 is 2.78 bits per heavy atom. The molecule has 0 amide bonds. The van der Waals surface area contributed by atoms with Crippen LogP contribution in [-0.2, 0) is 0 Å². The number of piperidine rings is 1. The van der Waals surface area contributed by atoms with Gasteiger partial charge in [-0.25, -0.2) is 4.98 Å². The molecule has 1 aromatic carbocycles. The first-order valence-electron chi connectivity index (χ1n) is 6.18. The molecule has 0 N–H and O–H groups in total. The van der Waals surface area contributed by atoms with Crippen molar-refractivity contribution < 1.29 is 4.73 Å². The Kier molecular flexibility index (Phi) is 2.96. The van der Waals surface area contributed by atoms with Crippen molar-refractivity contribution in [1.82, 2.24) is 4.98 Å². The quantitative estimate of drug-likeness (QED) is 0.587. The van der Waals surface area contributed by atoms with E-state index in [0.29, 0.717) is 16.1 Å². The van der Waals surface area contributed by atoms with Crippen LogP contribution in [0.4, 0.5) is 5.82 Å². The molecule has 1 aliphatic rings. The molecule has 1 fully saturated rings. The summed E-state index contributed by atoms with van der Waals surface area (Å²) in [7, 11) is 0. The maximum atomic E-state index is 12.0. The van der Waals surface area contributed by atoms with Gasteiger partial charge in [-0.3, -0.25) is 0 Å². The summed E-state index contributed by atoms with van der Waals surface area (Å²) < 4.78 is 0.859. The monoisotopic (exact) mass is 263 g/mol. The van der Waals surface area contributed by atoms with E-state index < -0.39 is 0 Å². The zero-order valence-electron chi connectivity index (χ0n) is 9.97. The highest BCUT2D eigenvalue weighted by Gasteiger charge is 2.17. The Labute approximate surface area is 110 Å². The maximum Gasteiger partial charge on any atom is 0.244 e. The van der Waals surface area contributed by atoms with Crippen molar-refractivity contribution in [2.24, 2.45) is 0 Å². The average molecular weight is 264 g/mol. The van der Waals surface area contributed by atoms with E-state index in [2.05, 4.69) is 9.88 Å². The second kappa shape index (κ2) is 4.61. The van der Waals surface area contributed by atoms with Crippen LogP contribution in [0.25, 0.3) is 11.0 Å². The van der Waals surface area contributed by atoms with Crippen molar-refractivity contribution in [3.8, 4) is 0 Å². The summed E-state index contributed by atoms with van der Waals surface area (Å²) in [4.78, 5) is 6.72. The zero-order chi connectivity index (χ0) is 12.5. The van der Waals surface area contributed by atoms with Gasteiger partial charge in [-0.1, -0.05) is 11.6 Å². The fraction of sp³-hybridized carbons (Fsp3) is 0.385. The van der Waals surface area contributed by atoms with Crippen LogP contribution >= 0.6 is 11.6 Å². The summed E-state index contributed by atoms with van der Waals surface area (Å²) >= 11 is 5.89. The first kappa shape index (κ1) is 11.5. The smallest absolute Gasteiger partial charge is 0.244 e. The molecular formula is C13H14ClN3O. The molecule has 1 saturated heterocycles. The van der Waals surface area contributed by atoms with Gasteiger partial charge >= 0.3 is 0 Å². The van der Waals surface area contributed by atoms with E-state index in [-0.39, 0.29) is 0 Å². The van der Waals surface area contributed by atoms with E-state index in [1.807, 2.05) is 0 Å². The second-order valence-corrected chi connectivity index (χ2v) is 5.04. The van der Waals surface area contributed by atoms with Gasteiger partial charge in [0, 0.05) is 24.2 Å². The summed E-state index contributed by atoms with van der Waals surface area (Å²) in [6, 6.07) is 5.20. The minimum Gasteiger partial charge on any atom is -0.618 e. The Bertz CT molecular complexity index is 582. The fourth-order valence-corrected chi connectivity index (χ4v) is 2.54. The van der Waals surface area contributed by atoms with E-state index in [0.717, 1.165) is 23.6 Å². The van der Waals surface area contributed by atoms with E-state index in [1.165, 1.54) is 19.3 Å². The standard InChI is InChI=1S/C13H14ClN3O/c14-10-4-5-11-12(8-10)17(18)9-13(15-11)16-6-2-1-3-7-16/h4-5,8-9H,1-3,6-7H2. The van der Waals surface area contributed by atoms with E-state index in [1.54, 1.807) is 24.4 Å². The lowest BCUT2D eigenvalue weighted by molar-refractivity contribution is -0.576. The molecular weight excluding hydrogens is 250 g/mol. The van der Waals surface area contributed by atoms with Crippen LogP contribution < -0.4 is 9.63 Å². The van der Waals surface area contributed by atoms with E-state index in [9.17, 15) is 5.21 Å². The molecule has 0 atom stereocenters. The third-order valence-corrected chi connectivity index (χ3v) is 3.56. The predicted octanol–water partition coefficient (Wildman–Crippen LogP) is 2.51. The lowest BCUT2D eigenvalue weighted by Gasteiger charge is -2.26. The lowest BCUT2D eigenvalue weighted by atomic mass is 10.1. The first-order valence-corrected chi connectivity index (χ1v) is 6.56. The third-order valence-electron chi connectivity index (χ3n) is 3.32. The Morgan fingerprint density at radius 2 is 2.00 bits per heavy atom. The van der Waals surface area contributed by atoms with Gasteiger partial charge in [0.25, 0.3) is 0 Å². The molecule has 4 nitrogen and oxygen atoms in total. The normalized spacial score (nSPS) is 16.2. The number of rotatable bonds is 1. The zero-order valence-corrected chi connectivity index (χ0v) is 10.7. The molecule has 0 bridgehead atoms. The van der Waals surface area contributed by atoms with Crippen LogP contribution in [0.15, 0.2) is 24.4 Å². The van der Waals surface area contributed by atoms with Crippen LogP contribution in [0, 0.1) is 5.21 Å². The van der Waals surface area contributed by atoms with Crippen molar-refractivity contribution in [3.05, 3.63) is 34.6 Å². The fourth-order valence-electron chi connectivity index (χ4n) is 2.37. The molecule has 1 aliphatic heterocycles. The summed E-state index contributed by atoms with van der Waals surface area (Å²) in [6.07, 6.45) is 5.14. The van der Waals surface area contributed by atoms with Gasteiger partial charge in [0.1, 0.15) is 5.52 Å². The van der Waals surface area contributed by atoms with Crippen molar-refractivity contribution in [1.29, 1.82) is 0 Å². The van der Waals surface area contributed by atoms with Crippen LogP contribution in [0.1, 0.15) is 19.3 Å². The molecule has 0 radical (unpaired) electrons. The predicted molar refractivity (Wildman–Crippen MR) is 71.8 cm³/mol. The number of nitrogens with zero attached hydrogens (tertiary/aromatic N) is 3. The van der Waals surface area contributed by atoms with Crippen LogP contribution in [0.2, 0.25) is 5.02 Å². The largest absolute Gasteiger partial charge is 0.618 e. The Hall–Kier alpha value is -1.55. The SMILES string of the molecule is [O-][n+]1cc(N2CCCCC2)nc2ccc(Cl)cc21. The van der Waals surface area contributed by atoms with Gasteiger partial charge < -0.3 is 10.1 Å². The maximum absolute atomic E-state index is 12.0. The number of anilines is 1. The highest BCUT2D eigenvalue weighted by molar-refractivity contribution is 6.31. The Morgan fingerprint density at radius 1 is 1.22 bits per heavy atom. The highest BCUT2D eigenvalue weighted by Crippen LogP contribution is 2.20. The van der Waals surface area contributed by atoms with E-state index in [4.69, 9.17) is 11.6 Å². The molecule has 2 heterocycles. The average Bonchev–Trinajstić information content (AvgIpc) is 2.40. The van der Waals surface area contributed by atoms with Crippen LogP contribution in [0.3, 0.4) is 0 Å². The number of hydrogen-bond acceptors (Lipinski definition) is 3. The molecule has 0 saturated carbocycles. The summed E-state index contributed by atoms with van der Waals surface area (Å²) in [5, 5.41) is 12.5. The number of aromatic nitrogens is 2. The molecule has 0 unspecified atom stereocenters. The van der Waals surface area contributed by atoms with Gasteiger partial charge in [0.2, 0.25) is 11.7 Å². The number of hydrogen-bond donors (Lipinski definition) is 0. The molecule has 0 aliphatic carbocycles. The van der Waals surface area contributed by atoms with Gasteiger partial charge in [0.05, 0.1) is 0 Å². The van der Waals surface area contributed by atoms with Gasteiger partial charge in [-0.2, -0.15) is 4.73 Å². The third kappa shape index (κ3) is 2.08. The molecule has 18 heavy (non-hydrogen) atoms. The summed E-state index contributed by atoms with van der Waals surface area (Å²) in [6.45, 7) is 1.96.